The molecule has 39 heavy (non-hydrogen) atoms. The first-order valence-corrected chi connectivity index (χ1v) is 12.4. The molecule has 0 radical (unpaired) electrons. The largest absolute Gasteiger partial charge is 1.00 e. The fraction of sp³-hybridized carbons (Fsp3) is 0.300. The monoisotopic (exact) mass is 720 g/mol. The van der Waals surface area contributed by atoms with Crippen LogP contribution in [0, 0.1) is 0 Å². The van der Waals surface area contributed by atoms with Crippen LogP contribution in [0.15, 0.2) is 91.8 Å². The Hall–Kier alpha value is -2.49. The SMILES string of the molecule is CN(C)c1cc[n+](Cc2cc(C[n+]3ccc(N(C)C)cc3)cc(C[n+]3ccc(N(C)C)cc3)c2)cc1.[Br-].[Br-].[Br-]. The zero-order valence-electron chi connectivity index (χ0n) is 23.6. The van der Waals surface area contributed by atoms with Crippen molar-refractivity contribution in [1.82, 2.24) is 0 Å². The summed E-state index contributed by atoms with van der Waals surface area (Å²) in [5.74, 6) is 0. The molecule has 0 bridgehead atoms. The van der Waals surface area contributed by atoms with Crippen LogP contribution < -0.4 is 79.3 Å². The second-order valence-electron chi connectivity index (χ2n) is 10.0. The standard InChI is InChI=1S/C30H39N6.3BrH/c1-31(2)28-7-13-34(14-8-28)22-25-19-26(23-35-15-9-29(10-16-35)32(3)4)21-27(20-25)24-36-17-11-30(12-18-36)33(5)6;;;/h7-21H,22-24H2,1-6H3;3*1H/q+3;;;/p-3. The number of halogens is 3. The Morgan fingerprint density at radius 2 is 0.615 bits per heavy atom. The average molecular weight is 723 g/mol. The second-order valence-corrected chi connectivity index (χ2v) is 10.0. The van der Waals surface area contributed by atoms with Gasteiger partial charge in [-0.15, -0.1) is 0 Å². The Bertz CT molecular complexity index is 1100. The predicted molar refractivity (Wildman–Crippen MR) is 147 cm³/mol. The van der Waals surface area contributed by atoms with Crippen LogP contribution in [0.25, 0.3) is 0 Å². The lowest BCUT2D eigenvalue weighted by Gasteiger charge is -2.12. The topological polar surface area (TPSA) is 21.4 Å². The number of pyridine rings is 3. The number of anilines is 3. The van der Waals surface area contributed by atoms with Crippen molar-refractivity contribution in [3.05, 3.63) is 108 Å². The third-order valence-electron chi connectivity index (χ3n) is 6.38. The fourth-order valence-electron chi connectivity index (χ4n) is 4.30. The van der Waals surface area contributed by atoms with E-state index in [1.54, 1.807) is 0 Å². The highest BCUT2D eigenvalue weighted by molar-refractivity contribution is 5.43. The minimum atomic E-state index is 0. The van der Waals surface area contributed by atoms with E-state index in [4.69, 9.17) is 0 Å². The summed E-state index contributed by atoms with van der Waals surface area (Å²) in [4.78, 5) is 6.38. The third kappa shape index (κ3) is 9.89. The van der Waals surface area contributed by atoms with Gasteiger partial charge in [0.05, 0.1) is 0 Å². The molecule has 9 heteroatoms. The van der Waals surface area contributed by atoms with Crippen LogP contribution in [0.2, 0.25) is 0 Å². The Morgan fingerprint density at radius 3 is 0.795 bits per heavy atom. The molecule has 0 spiro atoms. The van der Waals surface area contributed by atoms with Gasteiger partial charge in [-0.1, -0.05) is 0 Å². The second kappa shape index (κ2) is 15.9. The summed E-state index contributed by atoms with van der Waals surface area (Å²) in [6, 6.07) is 20.0. The lowest BCUT2D eigenvalue weighted by atomic mass is 10.0. The highest BCUT2D eigenvalue weighted by Gasteiger charge is 2.13. The van der Waals surface area contributed by atoms with Gasteiger partial charge in [-0.05, 0) is 18.2 Å². The number of hydrogen-bond donors (Lipinski definition) is 0. The molecule has 4 aromatic rings. The van der Waals surface area contributed by atoms with E-state index >= 15 is 0 Å². The summed E-state index contributed by atoms with van der Waals surface area (Å²) < 4.78 is 6.73. The molecule has 3 heterocycles. The molecular weight excluding hydrogens is 684 g/mol. The maximum atomic E-state index is 2.34. The molecule has 0 saturated carbocycles. The molecule has 1 aromatic carbocycles. The van der Waals surface area contributed by atoms with Crippen LogP contribution in [0.3, 0.4) is 0 Å². The first kappa shape index (κ1) is 34.5. The van der Waals surface area contributed by atoms with Gasteiger partial charge in [0.1, 0.15) is 0 Å². The molecule has 3 aromatic heterocycles. The summed E-state index contributed by atoms with van der Waals surface area (Å²) in [5.41, 5.74) is 7.53. The van der Waals surface area contributed by atoms with Gasteiger partial charge < -0.3 is 65.6 Å². The molecule has 0 amide bonds. The molecule has 0 saturated heterocycles. The van der Waals surface area contributed by atoms with E-state index < -0.39 is 0 Å². The number of aromatic nitrogens is 3. The van der Waals surface area contributed by atoms with Gasteiger partial charge in [0.2, 0.25) is 0 Å². The van der Waals surface area contributed by atoms with E-state index in [0.29, 0.717) is 0 Å². The van der Waals surface area contributed by atoms with Crippen molar-refractivity contribution in [1.29, 1.82) is 0 Å². The van der Waals surface area contributed by atoms with Crippen LogP contribution in [0.4, 0.5) is 17.1 Å². The summed E-state index contributed by atoms with van der Waals surface area (Å²) >= 11 is 0. The van der Waals surface area contributed by atoms with Crippen LogP contribution in [-0.2, 0) is 19.6 Å². The van der Waals surface area contributed by atoms with Gasteiger partial charge in [0, 0.05) is 112 Å². The molecule has 0 aliphatic heterocycles. The van der Waals surface area contributed by atoms with Crippen LogP contribution in [-0.4, -0.2) is 42.3 Å². The molecule has 0 fully saturated rings. The molecule has 0 unspecified atom stereocenters. The molecular formula is C30H39Br3N6. The summed E-state index contributed by atoms with van der Waals surface area (Å²) in [6.07, 6.45) is 12.9. The maximum Gasteiger partial charge on any atom is 0.173 e. The Balaban J connectivity index is 0.00000253. The number of nitrogens with zero attached hydrogens (tertiary/aromatic N) is 6. The molecule has 0 N–H and O–H groups in total. The van der Waals surface area contributed by atoms with Gasteiger partial charge in [-0.2, -0.15) is 0 Å². The Labute approximate surface area is 265 Å². The first-order valence-electron chi connectivity index (χ1n) is 12.4. The Morgan fingerprint density at radius 1 is 0.410 bits per heavy atom. The average Bonchev–Trinajstić information content (AvgIpc) is 2.85. The summed E-state index contributed by atoms with van der Waals surface area (Å²) in [5, 5.41) is 0. The maximum absolute atomic E-state index is 2.34. The smallest absolute Gasteiger partial charge is 0.173 e. The zero-order chi connectivity index (χ0) is 25.7. The van der Waals surface area contributed by atoms with Crippen LogP contribution in [0.5, 0.6) is 0 Å². The minimum Gasteiger partial charge on any atom is -1.00 e. The lowest BCUT2D eigenvalue weighted by Crippen LogP contribution is -3.00. The number of rotatable bonds is 9. The lowest BCUT2D eigenvalue weighted by molar-refractivity contribution is -0.690. The highest BCUT2D eigenvalue weighted by atomic mass is 79.9. The third-order valence-corrected chi connectivity index (χ3v) is 6.38. The van der Waals surface area contributed by atoms with E-state index in [1.165, 1.54) is 33.8 Å². The zero-order valence-corrected chi connectivity index (χ0v) is 28.4. The van der Waals surface area contributed by atoms with Crippen molar-refractivity contribution in [3.8, 4) is 0 Å². The molecule has 210 valence electrons. The molecule has 6 nitrogen and oxygen atoms in total. The van der Waals surface area contributed by atoms with E-state index in [2.05, 4.69) is 162 Å². The van der Waals surface area contributed by atoms with Gasteiger partial charge in [-0.25, -0.2) is 13.7 Å². The molecule has 0 atom stereocenters. The van der Waals surface area contributed by atoms with Gasteiger partial charge in [0.15, 0.2) is 56.8 Å². The van der Waals surface area contributed by atoms with Crippen molar-refractivity contribution in [3.63, 3.8) is 0 Å². The van der Waals surface area contributed by atoms with Gasteiger partial charge >= 0.3 is 0 Å². The van der Waals surface area contributed by atoms with Crippen molar-refractivity contribution in [2.45, 2.75) is 19.6 Å². The minimum absolute atomic E-state index is 0. The molecule has 0 aliphatic carbocycles. The van der Waals surface area contributed by atoms with Gasteiger partial charge in [0.25, 0.3) is 0 Å². The molecule has 4 rings (SSSR count). The van der Waals surface area contributed by atoms with Crippen LogP contribution in [0.1, 0.15) is 16.7 Å². The highest BCUT2D eigenvalue weighted by Crippen LogP contribution is 2.14. The van der Waals surface area contributed by atoms with E-state index in [0.717, 1.165) is 19.6 Å². The van der Waals surface area contributed by atoms with Crippen LogP contribution >= 0.6 is 0 Å². The normalized spacial score (nSPS) is 10.0. The Kier molecular flexibility index (Phi) is 14.1. The van der Waals surface area contributed by atoms with Crippen molar-refractivity contribution in [2.75, 3.05) is 57.0 Å². The van der Waals surface area contributed by atoms with Gasteiger partial charge in [-0.3, -0.25) is 0 Å². The quantitative estimate of drug-likeness (QED) is 0.161. The number of hydrogen-bond acceptors (Lipinski definition) is 3. The predicted octanol–water partition coefficient (Wildman–Crippen LogP) is -6.10. The van der Waals surface area contributed by atoms with Crippen molar-refractivity contribution < 1.29 is 64.6 Å². The van der Waals surface area contributed by atoms with E-state index in [1.807, 2.05) is 0 Å². The first-order chi connectivity index (χ1) is 17.3. The summed E-state index contributed by atoms with van der Waals surface area (Å²) in [6.45, 7) is 2.51. The van der Waals surface area contributed by atoms with E-state index in [9.17, 15) is 0 Å². The van der Waals surface area contributed by atoms with E-state index in [-0.39, 0.29) is 50.9 Å². The van der Waals surface area contributed by atoms with Crippen molar-refractivity contribution in [2.24, 2.45) is 0 Å². The fourth-order valence-corrected chi connectivity index (χ4v) is 4.30. The van der Waals surface area contributed by atoms with Crippen molar-refractivity contribution >= 4 is 17.1 Å². The molecule has 0 aliphatic rings. The number of benzene rings is 1. The summed E-state index contributed by atoms with van der Waals surface area (Å²) in [7, 11) is 12.4.